The molecular formula is C11H19NO. The minimum absolute atomic E-state index is 0.179. The normalized spacial score (nSPS) is 23.4. The molecule has 13 heavy (non-hydrogen) atoms. The van der Waals surface area contributed by atoms with E-state index in [1.165, 1.54) is 6.42 Å². The van der Waals surface area contributed by atoms with E-state index in [2.05, 4.69) is 13.8 Å². The molecule has 0 bridgehead atoms. The van der Waals surface area contributed by atoms with Crippen molar-refractivity contribution in [3.63, 3.8) is 0 Å². The minimum Gasteiger partial charge on any atom is -0.336 e. The molecule has 0 aromatic carbocycles. The lowest BCUT2D eigenvalue weighted by atomic mass is 10.0. The van der Waals surface area contributed by atoms with Gasteiger partial charge in [0.1, 0.15) is 0 Å². The molecule has 0 N–H and O–H groups in total. The quantitative estimate of drug-likeness (QED) is 0.598. The van der Waals surface area contributed by atoms with E-state index in [0.717, 1.165) is 13.0 Å². The number of allylic oxidation sites excluding steroid dienone is 1. The highest BCUT2D eigenvalue weighted by molar-refractivity contribution is 5.87. The molecule has 0 aliphatic carbocycles. The van der Waals surface area contributed by atoms with Crippen molar-refractivity contribution in [2.24, 2.45) is 5.92 Å². The van der Waals surface area contributed by atoms with Crippen LogP contribution in [-0.4, -0.2) is 23.4 Å². The average molecular weight is 181 g/mol. The maximum atomic E-state index is 11.6. The smallest absolute Gasteiger partial charge is 0.246 e. The molecule has 0 radical (unpaired) electrons. The van der Waals surface area contributed by atoms with Crippen molar-refractivity contribution in [2.45, 2.75) is 39.7 Å². The number of nitrogens with zero attached hydrogens (tertiary/aromatic N) is 1. The molecule has 1 aliphatic rings. The van der Waals surface area contributed by atoms with Gasteiger partial charge in [0.15, 0.2) is 0 Å². The summed E-state index contributed by atoms with van der Waals surface area (Å²) in [5.41, 5.74) is 0. The van der Waals surface area contributed by atoms with Crippen molar-refractivity contribution in [1.82, 2.24) is 4.90 Å². The van der Waals surface area contributed by atoms with E-state index in [0.29, 0.717) is 12.0 Å². The van der Waals surface area contributed by atoms with Gasteiger partial charge in [-0.2, -0.15) is 0 Å². The molecule has 0 aromatic rings. The summed E-state index contributed by atoms with van der Waals surface area (Å²) in [5.74, 6) is 0.760. The Morgan fingerprint density at radius 2 is 2.23 bits per heavy atom. The van der Waals surface area contributed by atoms with Crippen LogP contribution in [0.2, 0.25) is 0 Å². The Hall–Kier alpha value is -0.790. The first kappa shape index (κ1) is 10.3. The summed E-state index contributed by atoms with van der Waals surface area (Å²) >= 11 is 0. The van der Waals surface area contributed by atoms with Crippen LogP contribution in [0.3, 0.4) is 0 Å². The Morgan fingerprint density at radius 3 is 2.77 bits per heavy atom. The summed E-state index contributed by atoms with van der Waals surface area (Å²) in [6.45, 7) is 7.20. The van der Waals surface area contributed by atoms with Crippen molar-refractivity contribution in [1.29, 1.82) is 0 Å². The molecule has 1 amide bonds. The standard InChI is InChI=1S/C11H19NO/c1-4-6-11(13)12-8-5-7-10(12)9(2)3/h4,6,9-10H,5,7-8H2,1-3H3. The van der Waals surface area contributed by atoms with Gasteiger partial charge in [-0.05, 0) is 31.8 Å². The van der Waals surface area contributed by atoms with Crippen LogP contribution in [0.4, 0.5) is 0 Å². The summed E-state index contributed by atoms with van der Waals surface area (Å²) in [4.78, 5) is 13.6. The molecule has 0 aromatic heterocycles. The van der Waals surface area contributed by atoms with E-state index in [1.54, 1.807) is 6.08 Å². The number of hydrogen-bond donors (Lipinski definition) is 0. The predicted molar refractivity (Wildman–Crippen MR) is 54.4 cm³/mol. The summed E-state index contributed by atoms with van der Waals surface area (Å²) in [6.07, 6.45) is 5.81. The van der Waals surface area contributed by atoms with E-state index < -0.39 is 0 Å². The fourth-order valence-corrected chi connectivity index (χ4v) is 2.00. The van der Waals surface area contributed by atoms with Gasteiger partial charge in [-0.15, -0.1) is 0 Å². The van der Waals surface area contributed by atoms with Crippen LogP contribution >= 0.6 is 0 Å². The van der Waals surface area contributed by atoms with Gasteiger partial charge in [0.05, 0.1) is 0 Å². The molecule has 1 aliphatic heterocycles. The third-order valence-electron chi connectivity index (χ3n) is 2.66. The van der Waals surface area contributed by atoms with Gasteiger partial charge in [-0.3, -0.25) is 4.79 Å². The molecule has 1 heterocycles. The summed E-state index contributed by atoms with van der Waals surface area (Å²) in [5, 5.41) is 0. The Morgan fingerprint density at radius 1 is 1.54 bits per heavy atom. The highest BCUT2D eigenvalue weighted by Crippen LogP contribution is 2.23. The lowest BCUT2D eigenvalue weighted by molar-refractivity contribution is -0.127. The lowest BCUT2D eigenvalue weighted by Gasteiger charge is -2.26. The highest BCUT2D eigenvalue weighted by atomic mass is 16.2. The average Bonchev–Trinajstić information content (AvgIpc) is 2.52. The maximum Gasteiger partial charge on any atom is 0.246 e. The molecule has 2 nitrogen and oxygen atoms in total. The van der Waals surface area contributed by atoms with E-state index in [-0.39, 0.29) is 5.91 Å². The monoisotopic (exact) mass is 181 g/mol. The van der Waals surface area contributed by atoms with E-state index in [1.807, 2.05) is 17.9 Å². The van der Waals surface area contributed by atoms with E-state index >= 15 is 0 Å². The molecule has 2 heteroatoms. The van der Waals surface area contributed by atoms with Crippen molar-refractivity contribution >= 4 is 5.91 Å². The van der Waals surface area contributed by atoms with Crippen LogP contribution in [0.15, 0.2) is 12.2 Å². The van der Waals surface area contributed by atoms with Gasteiger partial charge in [-0.1, -0.05) is 19.9 Å². The number of carbonyl (C=O) groups is 1. The Labute approximate surface area is 80.6 Å². The molecule has 74 valence electrons. The molecule has 1 saturated heterocycles. The first-order chi connectivity index (χ1) is 6.16. The lowest BCUT2D eigenvalue weighted by Crippen LogP contribution is -2.37. The van der Waals surface area contributed by atoms with Crippen LogP contribution in [0, 0.1) is 5.92 Å². The van der Waals surface area contributed by atoms with Crippen molar-refractivity contribution in [3.05, 3.63) is 12.2 Å². The van der Waals surface area contributed by atoms with Crippen molar-refractivity contribution < 1.29 is 4.79 Å². The molecule has 1 unspecified atom stereocenters. The zero-order valence-corrected chi connectivity index (χ0v) is 8.79. The Balaban J connectivity index is 2.62. The topological polar surface area (TPSA) is 20.3 Å². The number of hydrogen-bond acceptors (Lipinski definition) is 1. The molecule has 1 fully saturated rings. The number of amides is 1. The zero-order valence-electron chi connectivity index (χ0n) is 8.79. The number of likely N-dealkylation sites (tertiary alicyclic amines) is 1. The fraction of sp³-hybridized carbons (Fsp3) is 0.727. The SMILES string of the molecule is CC=CC(=O)N1CCCC1C(C)C. The number of rotatable bonds is 2. The van der Waals surface area contributed by atoms with E-state index in [9.17, 15) is 4.79 Å². The summed E-state index contributed by atoms with van der Waals surface area (Å²) < 4.78 is 0. The Kier molecular flexibility index (Phi) is 3.52. The van der Waals surface area contributed by atoms with Crippen LogP contribution in [-0.2, 0) is 4.79 Å². The van der Waals surface area contributed by atoms with Gasteiger partial charge in [0, 0.05) is 12.6 Å². The highest BCUT2D eigenvalue weighted by Gasteiger charge is 2.29. The molecule has 1 rings (SSSR count). The van der Waals surface area contributed by atoms with Crippen LogP contribution < -0.4 is 0 Å². The summed E-state index contributed by atoms with van der Waals surface area (Å²) in [7, 11) is 0. The zero-order chi connectivity index (χ0) is 9.84. The van der Waals surface area contributed by atoms with Gasteiger partial charge >= 0.3 is 0 Å². The second kappa shape index (κ2) is 4.45. The van der Waals surface area contributed by atoms with Crippen molar-refractivity contribution in [2.75, 3.05) is 6.54 Å². The largest absolute Gasteiger partial charge is 0.336 e. The molecular weight excluding hydrogens is 162 g/mol. The van der Waals surface area contributed by atoms with Gasteiger partial charge in [-0.25, -0.2) is 0 Å². The maximum absolute atomic E-state index is 11.6. The fourth-order valence-electron chi connectivity index (χ4n) is 2.00. The van der Waals surface area contributed by atoms with E-state index in [4.69, 9.17) is 0 Å². The van der Waals surface area contributed by atoms with Gasteiger partial charge in [0.2, 0.25) is 5.91 Å². The first-order valence-corrected chi connectivity index (χ1v) is 5.10. The minimum atomic E-state index is 0.179. The predicted octanol–water partition coefficient (Wildman–Crippen LogP) is 2.21. The number of carbonyl (C=O) groups excluding carboxylic acids is 1. The van der Waals surface area contributed by atoms with Gasteiger partial charge in [0.25, 0.3) is 0 Å². The van der Waals surface area contributed by atoms with Gasteiger partial charge < -0.3 is 4.90 Å². The van der Waals surface area contributed by atoms with Crippen LogP contribution in [0.5, 0.6) is 0 Å². The third kappa shape index (κ3) is 2.33. The summed E-state index contributed by atoms with van der Waals surface area (Å²) in [6, 6.07) is 0.462. The van der Waals surface area contributed by atoms with Crippen LogP contribution in [0.25, 0.3) is 0 Å². The molecule has 1 atom stereocenters. The second-order valence-electron chi connectivity index (χ2n) is 3.99. The Bertz CT molecular complexity index is 208. The molecule has 0 saturated carbocycles. The molecule has 0 spiro atoms. The first-order valence-electron chi connectivity index (χ1n) is 5.10. The van der Waals surface area contributed by atoms with Crippen LogP contribution in [0.1, 0.15) is 33.6 Å². The second-order valence-corrected chi connectivity index (χ2v) is 3.99. The third-order valence-corrected chi connectivity index (χ3v) is 2.66. The van der Waals surface area contributed by atoms with Crippen molar-refractivity contribution in [3.8, 4) is 0 Å².